The molecule has 7 heteroatoms. The maximum atomic E-state index is 13.9. The third kappa shape index (κ3) is 4.19. The lowest BCUT2D eigenvalue weighted by Crippen LogP contribution is -2.43. The molecule has 1 saturated heterocycles. The van der Waals surface area contributed by atoms with Crippen LogP contribution in [0.25, 0.3) is 0 Å². The topological polar surface area (TPSA) is 57.7 Å². The van der Waals surface area contributed by atoms with E-state index >= 15 is 0 Å². The molecule has 1 fully saturated rings. The summed E-state index contributed by atoms with van der Waals surface area (Å²) in [6.07, 6.45) is 4.98. The van der Waals surface area contributed by atoms with Gasteiger partial charge in [0.25, 0.3) is 0 Å². The van der Waals surface area contributed by atoms with E-state index < -0.39 is 15.8 Å². The van der Waals surface area contributed by atoms with Gasteiger partial charge in [-0.2, -0.15) is 0 Å². The Balaban J connectivity index is 2.21. The molecule has 0 N–H and O–H groups in total. The van der Waals surface area contributed by atoms with Gasteiger partial charge in [0, 0.05) is 13.1 Å². The zero-order chi connectivity index (χ0) is 16.2. The Morgan fingerprint density at radius 3 is 2.32 bits per heavy atom. The second kappa shape index (κ2) is 7.09. The minimum atomic E-state index is -3.74. The second-order valence-corrected chi connectivity index (χ2v) is 7.42. The molecule has 0 aromatic heterocycles. The van der Waals surface area contributed by atoms with Gasteiger partial charge in [-0.1, -0.05) is 25.0 Å². The lowest BCUT2D eigenvalue weighted by Gasteiger charge is -2.26. The van der Waals surface area contributed by atoms with Crippen LogP contribution in [0.3, 0.4) is 0 Å². The molecule has 0 saturated carbocycles. The number of carbonyl (C=O) groups is 1. The molecule has 1 aliphatic heterocycles. The molecular formula is C15H21FN2O3S. The van der Waals surface area contributed by atoms with Crippen LogP contribution >= 0.6 is 0 Å². The van der Waals surface area contributed by atoms with Crippen molar-refractivity contribution in [3.63, 3.8) is 0 Å². The molecule has 22 heavy (non-hydrogen) atoms. The Kier molecular flexibility index (Phi) is 5.39. The molecule has 5 nitrogen and oxygen atoms in total. The van der Waals surface area contributed by atoms with Crippen molar-refractivity contribution in [3.05, 3.63) is 30.1 Å². The van der Waals surface area contributed by atoms with Crippen LogP contribution in [0.5, 0.6) is 0 Å². The van der Waals surface area contributed by atoms with Gasteiger partial charge in [0.15, 0.2) is 0 Å². The molecule has 0 spiro atoms. The number of rotatable bonds is 4. The maximum Gasteiger partial charge on any atom is 0.243 e. The van der Waals surface area contributed by atoms with Crippen molar-refractivity contribution in [2.75, 3.05) is 30.2 Å². The first-order chi connectivity index (χ1) is 10.4. The van der Waals surface area contributed by atoms with Gasteiger partial charge in [0.2, 0.25) is 15.9 Å². The fourth-order valence-electron chi connectivity index (χ4n) is 2.58. The Morgan fingerprint density at radius 2 is 1.77 bits per heavy atom. The highest BCUT2D eigenvalue weighted by molar-refractivity contribution is 7.92. The van der Waals surface area contributed by atoms with Crippen LogP contribution in [0.2, 0.25) is 0 Å². The summed E-state index contributed by atoms with van der Waals surface area (Å²) in [7, 11) is -3.74. The Labute approximate surface area is 130 Å². The number of amides is 1. The van der Waals surface area contributed by atoms with Gasteiger partial charge in [-0.15, -0.1) is 0 Å². The van der Waals surface area contributed by atoms with Gasteiger partial charge in [0.1, 0.15) is 12.4 Å². The fraction of sp³-hybridized carbons (Fsp3) is 0.533. The molecule has 0 atom stereocenters. The lowest BCUT2D eigenvalue weighted by molar-refractivity contribution is -0.129. The predicted molar refractivity (Wildman–Crippen MR) is 83.6 cm³/mol. The van der Waals surface area contributed by atoms with Crippen LogP contribution in [0.4, 0.5) is 10.1 Å². The second-order valence-electron chi connectivity index (χ2n) is 5.52. The summed E-state index contributed by atoms with van der Waals surface area (Å²) in [6.45, 7) is 0.904. The molecule has 1 aromatic rings. The number of hydrogen-bond donors (Lipinski definition) is 0. The average Bonchev–Trinajstić information content (AvgIpc) is 2.73. The quantitative estimate of drug-likeness (QED) is 0.849. The maximum absolute atomic E-state index is 13.9. The number of sulfonamides is 1. The number of hydrogen-bond acceptors (Lipinski definition) is 3. The first-order valence-corrected chi connectivity index (χ1v) is 9.24. The van der Waals surface area contributed by atoms with Crippen molar-refractivity contribution in [1.29, 1.82) is 0 Å². The van der Waals surface area contributed by atoms with Crippen molar-refractivity contribution in [3.8, 4) is 0 Å². The fourth-order valence-corrected chi connectivity index (χ4v) is 3.43. The van der Waals surface area contributed by atoms with Crippen LogP contribution in [0.15, 0.2) is 24.3 Å². The molecule has 0 unspecified atom stereocenters. The summed E-state index contributed by atoms with van der Waals surface area (Å²) >= 11 is 0. The van der Waals surface area contributed by atoms with E-state index in [0.29, 0.717) is 13.1 Å². The number of likely N-dealkylation sites (tertiary alicyclic amines) is 1. The molecule has 0 bridgehead atoms. The highest BCUT2D eigenvalue weighted by Gasteiger charge is 2.26. The smallest absolute Gasteiger partial charge is 0.243 e. The minimum Gasteiger partial charge on any atom is -0.341 e. The van der Waals surface area contributed by atoms with E-state index in [4.69, 9.17) is 0 Å². The molecule has 0 aliphatic carbocycles. The van der Waals surface area contributed by atoms with Gasteiger partial charge >= 0.3 is 0 Å². The largest absolute Gasteiger partial charge is 0.341 e. The number of halogens is 1. The van der Waals surface area contributed by atoms with Crippen molar-refractivity contribution >= 4 is 21.6 Å². The van der Waals surface area contributed by atoms with Crippen LogP contribution in [0, 0.1) is 5.82 Å². The van der Waals surface area contributed by atoms with Crippen LogP contribution < -0.4 is 4.31 Å². The van der Waals surface area contributed by atoms with Gasteiger partial charge in [-0.3, -0.25) is 9.10 Å². The molecule has 1 aromatic carbocycles. The summed E-state index contributed by atoms with van der Waals surface area (Å²) < 4.78 is 38.7. The zero-order valence-electron chi connectivity index (χ0n) is 12.7. The number of para-hydroxylation sites is 1. The molecular weight excluding hydrogens is 307 g/mol. The van der Waals surface area contributed by atoms with E-state index in [0.717, 1.165) is 36.2 Å². The van der Waals surface area contributed by atoms with E-state index in [1.807, 2.05) is 0 Å². The first-order valence-electron chi connectivity index (χ1n) is 7.39. The molecule has 2 rings (SSSR count). The van der Waals surface area contributed by atoms with Gasteiger partial charge < -0.3 is 4.90 Å². The van der Waals surface area contributed by atoms with Gasteiger partial charge in [-0.25, -0.2) is 12.8 Å². The average molecular weight is 328 g/mol. The normalized spacial score (nSPS) is 16.2. The van der Waals surface area contributed by atoms with Crippen LogP contribution in [-0.4, -0.2) is 45.1 Å². The summed E-state index contributed by atoms with van der Waals surface area (Å²) in [5.41, 5.74) is -0.0897. The third-order valence-corrected chi connectivity index (χ3v) is 4.89. The van der Waals surface area contributed by atoms with Crippen LogP contribution in [-0.2, 0) is 14.8 Å². The van der Waals surface area contributed by atoms with E-state index in [9.17, 15) is 17.6 Å². The summed E-state index contributed by atoms with van der Waals surface area (Å²) in [6, 6.07) is 5.58. The Hall–Kier alpha value is -1.63. The summed E-state index contributed by atoms with van der Waals surface area (Å²) in [5, 5.41) is 0. The minimum absolute atomic E-state index is 0.0897. The molecule has 1 heterocycles. The van der Waals surface area contributed by atoms with E-state index in [2.05, 4.69) is 0 Å². The third-order valence-electron chi connectivity index (χ3n) is 3.76. The lowest BCUT2D eigenvalue weighted by atomic mass is 10.2. The summed E-state index contributed by atoms with van der Waals surface area (Å²) in [4.78, 5) is 14.1. The van der Waals surface area contributed by atoms with Gasteiger partial charge in [-0.05, 0) is 25.0 Å². The van der Waals surface area contributed by atoms with E-state index in [1.165, 1.54) is 18.2 Å². The van der Waals surface area contributed by atoms with Crippen molar-refractivity contribution in [1.82, 2.24) is 4.90 Å². The van der Waals surface area contributed by atoms with Gasteiger partial charge in [0.05, 0.1) is 11.9 Å². The highest BCUT2D eigenvalue weighted by atomic mass is 32.2. The Morgan fingerprint density at radius 1 is 1.18 bits per heavy atom. The van der Waals surface area contributed by atoms with Crippen molar-refractivity contribution < 1.29 is 17.6 Å². The number of benzene rings is 1. The molecule has 1 aliphatic rings. The SMILES string of the molecule is CS(=O)(=O)N(CC(=O)N1CCCCCC1)c1ccccc1F. The number of nitrogens with zero attached hydrogens (tertiary/aromatic N) is 2. The number of carbonyl (C=O) groups excluding carboxylic acids is 1. The predicted octanol–water partition coefficient (Wildman–Crippen LogP) is 1.99. The standard InChI is InChI=1S/C15H21FN2O3S/c1-22(20,21)18(14-9-5-4-8-13(14)16)12-15(19)17-10-6-2-3-7-11-17/h4-5,8-9H,2-3,6-7,10-12H2,1H3. The first kappa shape index (κ1) is 16.7. The van der Waals surface area contributed by atoms with Crippen molar-refractivity contribution in [2.45, 2.75) is 25.7 Å². The zero-order valence-corrected chi connectivity index (χ0v) is 13.5. The highest BCUT2D eigenvalue weighted by Crippen LogP contribution is 2.21. The molecule has 122 valence electrons. The molecule has 1 amide bonds. The monoisotopic (exact) mass is 328 g/mol. The van der Waals surface area contributed by atoms with E-state index in [-0.39, 0.29) is 18.1 Å². The van der Waals surface area contributed by atoms with Crippen LogP contribution in [0.1, 0.15) is 25.7 Å². The Bertz CT molecular complexity index is 625. The number of anilines is 1. The van der Waals surface area contributed by atoms with Crippen molar-refractivity contribution in [2.24, 2.45) is 0 Å². The summed E-state index contributed by atoms with van der Waals surface area (Å²) in [5.74, 6) is -0.938. The van der Waals surface area contributed by atoms with E-state index in [1.54, 1.807) is 11.0 Å². The molecule has 0 radical (unpaired) electrons.